The van der Waals surface area contributed by atoms with Crippen LogP contribution in [0.5, 0.6) is 0 Å². The first-order chi connectivity index (χ1) is 17.1. The van der Waals surface area contributed by atoms with Gasteiger partial charge in [0.1, 0.15) is 6.33 Å². The summed E-state index contributed by atoms with van der Waals surface area (Å²) in [5.41, 5.74) is 5.26. The van der Waals surface area contributed by atoms with Gasteiger partial charge in [-0.25, -0.2) is 4.98 Å². The minimum absolute atomic E-state index is 0.160. The zero-order chi connectivity index (χ0) is 23.9. The van der Waals surface area contributed by atoms with Gasteiger partial charge in [-0.2, -0.15) is 9.61 Å². The second kappa shape index (κ2) is 8.61. The van der Waals surface area contributed by atoms with Crippen molar-refractivity contribution in [3.63, 3.8) is 0 Å². The highest BCUT2D eigenvalue weighted by molar-refractivity contribution is 6.30. The lowest BCUT2D eigenvalue weighted by molar-refractivity contribution is 0.181. The number of aryl methyl sites for hydroxylation is 2. The number of aromatic amines is 1. The first-order valence-electron chi connectivity index (χ1n) is 11.1. The summed E-state index contributed by atoms with van der Waals surface area (Å²) in [5.74, 6) is 0. The molecule has 0 unspecified atom stereocenters. The number of para-hydroxylation sites is 1. The smallest absolute Gasteiger partial charge is 0.283 e. The molecule has 0 bridgehead atoms. The molecule has 0 aliphatic carbocycles. The second-order valence-electron chi connectivity index (χ2n) is 8.22. The van der Waals surface area contributed by atoms with Crippen LogP contribution < -0.4 is 5.56 Å². The maximum Gasteiger partial charge on any atom is 0.283 e. The first kappa shape index (κ1) is 21.5. The molecule has 6 aromatic rings. The van der Waals surface area contributed by atoms with Crippen molar-refractivity contribution >= 4 is 39.3 Å². The SMILES string of the molecule is COCc1nn2c(nnc3c(=O)n(CCc4c[nH]c5ccccc45)cnc32)c1-c1ccc(Cl)cc1. The number of nitrogens with zero attached hydrogens (tertiary/aromatic N) is 6. The number of H-pyrrole nitrogens is 1. The molecule has 10 heteroatoms. The highest BCUT2D eigenvalue weighted by atomic mass is 35.5. The highest BCUT2D eigenvalue weighted by Gasteiger charge is 2.20. The van der Waals surface area contributed by atoms with E-state index in [2.05, 4.69) is 31.3 Å². The molecular formula is C25H20ClN7O2. The topological polar surface area (TPSA) is 103 Å². The number of methoxy groups -OCH3 is 1. The lowest BCUT2D eigenvalue weighted by Crippen LogP contribution is -2.23. The zero-order valence-electron chi connectivity index (χ0n) is 18.8. The molecule has 0 aliphatic heterocycles. The Hall–Kier alpha value is -4.08. The molecule has 9 nitrogen and oxygen atoms in total. The minimum Gasteiger partial charge on any atom is -0.378 e. The summed E-state index contributed by atoms with van der Waals surface area (Å²) < 4.78 is 8.48. The van der Waals surface area contributed by atoms with Crippen LogP contribution in [-0.2, 0) is 24.3 Å². The third kappa shape index (κ3) is 3.65. The van der Waals surface area contributed by atoms with Crippen LogP contribution in [0.4, 0.5) is 0 Å². The van der Waals surface area contributed by atoms with E-state index in [0.29, 0.717) is 35.0 Å². The lowest BCUT2D eigenvalue weighted by Gasteiger charge is -2.06. The Labute approximate surface area is 204 Å². The Morgan fingerprint density at radius 1 is 1.06 bits per heavy atom. The molecule has 4 aromatic heterocycles. The third-order valence-corrected chi connectivity index (χ3v) is 6.34. The van der Waals surface area contributed by atoms with Gasteiger partial charge in [0.2, 0.25) is 0 Å². The quantitative estimate of drug-likeness (QED) is 0.382. The molecular weight excluding hydrogens is 466 g/mol. The largest absolute Gasteiger partial charge is 0.378 e. The molecule has 6 rings (SSSR count). The molecule has 0 saturated heterocycles. The average molecular weight is 486 g/mol. The van der Waals surface area contributed by atoms with E-state index >= 15 is 0 Å². The van der Waals surface area contributed by atoms with Crippen molar-refractivity contribution in [1.29, 1.82) is 0 Å². The molecule has 0 amide bonds. The molecule has 35 heavy (non-hydrogen) atoms. The van der Waals surface area contributed by atoms with Gasteiger partial charge < -0.3 is 9.72 Å². The van der Waals surface area contributed by atoms with E-state index in [1.807, 2.05) is 36.5 Å². The Morgan fingerprint density at radius 3 is 2.71 bits per heavy atom. The van der Waals surface area contributed by atoms with Gasteiger partial charge in [0.05, 0.1) is 17.9 Å². The maximum absolute atomic E-state index is 13.3. The Bertz CT molecular complexity index is 1750. The maximum atomic E-state index is 13.3. The molecule has 174 valence electrons. The van der Waals surface area contributed by atoms with Crippen molar-refractivity contribution in [3.8, 4) is 11.1 Å². The van der Waals surface area contributed by atoms with Crippen molar-refractivity contribution in [2.24, 2.45) is 0 Å². The second-order valence-corrected chi connectivity index (χ2v) is 8.66. The molecule has 0 spiro atoms. The predicted octanol–water partition coefficient (Wildman–Crippen LogP) is 4.03. The normalized spacial score (nSPS) is 11.7. The summed E-state index contributed by atoms with van der Waals surface area (Å²) in [4.78, 5) is 21.1. The van der Waals surface area contributed by atoms with Crippen molar-refractivity contribution < 1.29 is 4.74 Å². The summed E-state index contributed by atoms with van der Waals surface area (Å²) in [6.07, 6.45) is 4.19. The van der Waals surface area contributed by atoms with E-state index in [4.69, 9.17) is 16.3 Å². The summed E-state index contributed by atoms with van der Waals surface area (Å²) >= 11 is 6.07. The molecule has 4 heterocycles. The van der Waals surface area contributed by atoms with Gasteiger partial charge in [0.15, 0.2) is 16.8 Å². The molecule has 0 atom stereocenters. The van der Waals surface area contributed by atoms with E-state index in [-0.39, 0.29) is 17.7 Å². The zero-order valence-corrected chi connectivity index (χ0v) is 19.5. The van der Waals surface area contributed by atoms with Crippen LogP contribution in [-0.4, -0.2) is 41.5 Å². The monoisotopic (exact) mass is 485 g/mol. The molecule has 0 aliphatic rings. The summed E-state index contributed by atoms with van der Waals surface area (Å²) in [7, 11) is 1.60. The van der Waals surface area contributed by atoms with E-state index in [9.17, 15) is 4.79 Å². The summed E-state index contributed by atoms with van der Waals surface area (Å²) in [5, 5.41) is 15.1. The number of halogens is 1. The van der Waals surface area contributed by atoms with Crippen LogP contribution >= 0.6 is 11.6 Å². The Balaban J connectivity index is 1.42. The summed E-state index contributed by atoms with van der Waals surface area (Å²) in [6, 6.07) is 15.5. The fraction of sp³-hybridized carbons (Fsp3) is 0.160. The van der Waals surface area contributed by atoms with Crippen LogP contribution in [0.2, 0.25) is 5.02 Å². The van der Waals surface area contributed by atoms with Crippen LogP contribution in [0.15, 0.2) is 65.8 Å². The number of hydrogen-bond acceptors (Lipinski definition) is 6. The van der Waals surface area contributed by atoms with E-state index in [0.717, 1.165) is 27.6 Å². The van der Waals surface area contributed by atoms with Crippen molar-refractivity contribution in [3.05, 3.63) is 87.7 Å². The number of hydrogen-bond donors (Lipinski definition) is 1. The first-order valence-corrected chi connectivity index (χ1v) is 11.4. The van der Waals surface area contributed by atoms with Gasteiger partial charge in [0, 0.05) is 35.8 Å². The van der Waals surface area contributed by atoms with Gasteiger partial charge in [-0.1, -0.05) is 41.9 Å². The average Bonchev–Trinajstić information content (AvgIpc) is 3.46. The van der Waals surface area contributed by atoms with E-state index in [1.165, 1.54) is 0 Å². The van der Waals surface area contributed by atoms with Gasteiger partial charge in [-0.05, 0) is 35.7 Å². The third-order valence-electron chi connectivity index (χ3n) is 6.08. The van der Waals surface area contributed by atoms with E-state index in [1.54, 1.807) is 34.7 Å². The minimum atomic E-state index is -0.263. The van der Waals surface area contributed by atoms with Gasteiger partial charge in [0.25, 0.3) is 5.56 Å². The Morgan fingerprint density at radius 2 is 1.89 bits per heavy atom. The number of nitrogens with one attached hydrogen (secondary N) is 1. The predicted molar refractivity (Wildman–Crippen MR) is 134 cm³/mol. The Kier molecular flexibility index (Phi) is 5.28. The summed E-state index contributed by atoms with van der Waals surface area (Å²) in [6.45, 7) is 0.734. The number of fused-ring (bicyclic) bond motifs is 4. The van der Waals surface area contributed by atoms with Crippen molar-refractivity contribution in [2.45, 2.75) is 19.6 Å². The molecule has 0 radical (unpaired) electrons. The number of benzene rings is 2. The van der Waals surface area contributed by atoms with Crippen molar-refractivity contribution in [2.75, 3.05) is 7.11 Å². The van der Waals surface area contributed by atoms with Crippen LogP contribution in [0.25, 0.3) is 38.8 Å². The highest BCUT2D eigenvalue weighted by Crippen LogP contribution is 2.29. The molecule has 0 fully saturated rings. The lowest BCUT2D eigenvalue weighted by atomic mass is 10.1. The van der Waals surface area contributed by atoms with Gasteiger partial charge in [-0.3, -0.25) is 9.36 Å². The van der Waals surface area contributed by atoms with Crippen LogP contribution in [0.3, 0.4) is 0 Å². The van der Waals surface area contributed by atoms with Crippen LogP contribution in [0.1, 0.15) is 11.3 Å². The molecule has 2 aromatic carbocycles. The van der Waals surface area contributed by atoms with Crippen LogP contribution in [0, 0.1) is 0 Å². The standard InChI is InChI=1S/C25H20ClN7O2/c1-35-13-20-21(15-6-8-17(26)9-7-15)23-30-29-22-24(33(23)31-20)28-14-32(25(22)34)11-10-16-12-27-19-5-3-2-4-18(16)19/h2-9,12,14,27H,10-11,13H2,1H3. The molecule has 1 N–H and O–H groups in total. The van der Waals surface area contributed by atoms with E-state index < -0.39 is 0 Å². The van der Waals surface area contributed by atoms with Crippen molar-refractivity contribution in [1.82, 2.24) is 34.3 Å². The number of rotatable bonds is 6. The molecule has 0 saturated carbocycles. The number of ether oxygens (including phenoxy) is 1. The fourth-order valence-corrected chi connectivity index (χ4v) is 4.52. The van der Waals surface area contributed by atoms with Gasteiger partial charge in [-0.15, -0.1) is 10.2 Å². The fourth-order valence-electron chi connectivity index (χ4n) is 4.39. The number of aromatic nitrogens is 7. The van der Waals surface area contributed by atoms with Gasteiger partial charge >= 0.3 is 0 Å².